The van der Waals surface area contributed by atoms with Gasteiger partial charge in [0, 0.05) is 11.8 Å². The number of para-hydroxylation sites is 1. The molecule has 8 heteroatoms. The fourth-order valence-electron chi connectivity index (χ4n) is 4.24. The highest BCUT2D eigenvalue weighted by atomic mass is 79.9. The number of aliphatic imine (C=N–C) groups is 1. The molecule has 0 atom stereocenters. The predicted octanol–water partition coefficient (Wildman–Crippen LogP) is 6.37. The Morgan fingerprint density at radius 2 is 1.55 bits per heavy atom. The molecule has 0 saturated heterocycles. The minimum Gasteiger partial charge on any atom is -1.00 e. The number of hydrogen-bond acceptors (Lipinski definition) is 4. The third kappa shape index (κ3) is 11.8. The summed E-state index contributed by atoms with van der Waals surface area (Å²) in [7, 11) is 0. The Kier molecular flexibility index (Phi) is 16.3. The smallest absolute Gasteiger partial charge is 0.324 e. The lowest BCUT2D eigenvalue weighted by atomic mass is 10.1. The minimum atomic E-state index is -0.335. The number of halogens is 2. The van der Waals surface area contributed by atoms with Crippen LogP contribution in [0.1, 0.15) is 89.5 Å². The van der Waals surface area contributed by atoms with Gasteiger partial charge < -0.3 is 32.4 Å². The lowest BCUT2D eigenvalue weighted by molar-refractivity contribution is -0.0000109. The Bertz CT molecular complexity index is 1050. The summed E-state index contributed by atoms with van der Waals surface area (Å²) < 4.78 is 5.93. The topological polar surface area (TPSA) is 64.5 Å². The van der Waals surface area contributed by atoms with Gasteiger partial charge in [-0.25, -0.2) is 4.79 Å². The van der Waals surface area contributed by atoms with Crippen LogP contribution in [0.25, 0.3) is 0 Å². The maximum atomic E-state index is 12.7. The molecule has 38 heavy (non-hydrogen) atoms. The number of rotatable bonds is 17. The Morgan fingerprint density at radius 1 is 0.895 bits per heavy atom. The van der Waals surface area contributed by atoms with E-state index in [-0.39, 0.29) is 23.0 Å². The van der Waals surface area contributed by atoms with Crippen LogP contribution in [-0.2, 0) is 0 Å². The molecule has 2 aromatic carbocycles. The van der Waals surface area contributed by atoms with Crippen LogP contribution in [0.4, 0.5) is 16.2 Å². The summed E-state index contributed by atoms with van der Waals surface area (Å²) in [5.41, 5.74) is 2.21. The van der Waals surface area contributed by atoms with Crippen LogP contribution < -0.4 is 37.3 Å². The molecule has 0 bridgehead atoms. The number of unbranched alkanes of at least 4 members (excludes halogenated alkanes) is 11. The maximum absolute atomic E-state index is 12.7. The van der Waals surface area contributed by atoms with Gasteiger partial charge in [-0.1, -0.05) is 101 Å². The van der Waals surface area contributed by atoms with Gasteiger partial charge in [-0.2, -0.15) is 0 Å². The van der Waals surface area contributed by atoms with Crippen LogP contribution in [0, 0.1) is 0 Å². The molecule has 1 aliphatic rings. The molecule has 207 valence electrons. The molecule has 0 fully saturated rings. The Morgan fingerprint density at radius 3 is 2.21 bits per heavy atom. The molecule has 0 aromatic heterocycles. The van der Waals surface area contributed by atoms with E-state index in [1.807, 2.05) is 29.7 Å². The Balaban J connectivity index is 0.00000507. The number of nitrogens with zero attached hydrogens (tertiary/aromatic N) is 1. The second kappa shape index (κ2) is 19.2. The van der Waals surface area contributed by atoms with Crippen molar-refractivity contribution in [3.05, 3.63) is 64.7 Å². The largest absolute Gasteiger partial charge is 1.00 e. The van der Waals surface area contributed by atoms with Crippen molar-refractivity contribution >= 4 is 45.8 Å². The van der Waals surface area contributed by atoms with Gasteiger partial charge in [0.05, 0.1) is 33.3 Å². The standard InChI is InChI=1S/C30H40ClN3O2S.BrH/c1-2-3-4-5-6-7-8-9-10-11-12-15-21-36-28-23-24(18-19-26(28)31)33-30(35)34-27-17-14-13-16-25(27)29-32-20-22-37-29;/h13-14,16-20,22-23H,2-12,15,21H2,1H3,(H2,33,34,35);1H/q+1;/p-1. The molecule has 1 aliphatic heterocycles. The van der Waals surface area contributed by atoms with E-state index in [0.717, 1.165) is 23.4 Å². The van der Waals surface area contributed by atoms with Crippen molar-refractivity contribution in [2.24, 2.45) is 0 Å². The van der Waals surface area contributed by atoms with Gasteiger partial charge in [0.2, 0.25) is 0 Å². The Hall–Kier alpha value is -1.96. The van der Waals surface area contributed by atoms with Gasteiger partial charge in [0.15, 0.2) is 0 Å². The van der Waals surface area contributed by atoms with E-state index >= 15 is 0 Å². The van der Waals surface area contributed by atoms with Gasteiger partial charge in [-0.05, 0) is 42.4 Å². The number of thioether (sulfide) groups is 1. The molecule has 2 N–H and O–H groups in total. The van der Waals surface area contributed by atoms with Crippen molar-refractivity contribution in [2.45, 2.75) is 84.0 Å². The molecule has 3 rings (SSSR count). The average molecular weight is 622 g/mol. The summed E-state index contributed by atoms with van der Waals surface area (Å²) >= 11 is 7.86. The Labute approximate surface area is 248 Å². The second-order valence-corrected chi connectivity index (χ2v) is 10.6. The van der Waals surface area contributed by atoms with Crippen LogP contribution in [0.5, 0.6) is 5.75 Å². The molecule has 0 unspecified atom stereocenters. The summed E-state index contributed by atoms with van der Waals surface area (Å²) in [6.45, 7) is 2.88. The first-order chi connectivity index (χ1) is 18.2. The van der Waals surface area contributed by atoms with Gasteiger partial charge in [0.1, 0.15) is 5.75 Å². The highest BCUT2D eigenvalue weighted by Crippen LogP contribution is 2.29. The molecule has 0 aliphatic carbocycles. The van der Waals surface area contributed by atoms with Gasteiger partial charge in [-0.3, -0.25) is 0 Å². The SMILES string of the molecule is CCCCCCCCCCCCCCOc1cc(NC(=O)Nc2ccccc2C2=[N+]C=CS2)ccc1Cl.[Br-]. The van der Waals surface area contributed by atoms with Gasteiger partial charge >= 0.3 is 11.1 Å². The third-order valence-corrected chi connectivity index (χ3v) is 7.40. The van der Waals surface area contributed by atoms with E-state index in [0.29, 0.717) is 28.8 Å². The number of carbonyl (C=O) groups excluding carboxylic acids is 1. The summed E-state index contributed by atoms with van der Waals surface area (Å²) in [4.78, 5) is 17.0. The van der Waals surface area contributed by atoms with E-state index in [1.54, 1.807) is 24.4 Å². The number of carbonyl (C=O) groups is 1. The van der Waals surface area contributed by atoms with Crippen molar-refractivity contribution in [1.29, 1.82) is 0 Å². The van der Waals surface area contributed by atoms with Crippen LogP contribution in [0.3, 0.4) is 0 Å². The zero-order valence-electron chi connectivity index (χ0n) is 22.3. The molecule has 2 aromatic rings. The molecule has 0 saturated carbocycles. The van der Waals surface area contributed by atoms with Gasteiger partial charge in [0.25, 0.3) is 6.20 Å². The van der Waals surface area contributed by atoms with E-state index in [2.05, 4.69) is 22.5 Å². The molecular weight excluding hydrogens is 582 g/mol. The number of nitrogens with one attached hydrogen (secondary N) is 2. The number of ether oxygens (including phenoxy) is 1. The minimum absolute atomic E-state index is 0. The monoisotopic (exact) mass is 620 g/mol. The summed E-state index contributed by atoms with van der Waals surface area (Å²) in [6.07, 6.45) is 17.4. The number of urea groups is 1. The quantitative estimate of drug-likeness (QED) is 0.202. The number of amides is 2. The van der Waals surface area contributed by atoms with Crippen LogP contribution in [-0.4, -0.2) is 17.7 Å². The average Bonchev–Trinajstić information content (AvgIpc) is 3.44. The number of hydrogen-bond donors (Lipinski definition) is 2. The van der Waals surface area contributed by atoms with Crippen molar-refractivity contribution in [1.82, 2.24) is 4.99 Å². The van der Waals surface area contributed by atoms with E-state index in [9.17, 15) is 4.79 Å². The first-order valence-electron chi connectivity index (χ1n) is 13.7. The summed E-state index contributed by atoms with van der Waals surface area (Å²) in [6, 6.07) is 12.6. The first kappa shape index (κ1) is 32.3. The summed E-state index contributed by atoms with van der Waals surface area (Å²) in [5, 5.41) is 9.11. The van der Waals surface area contributed by atoms with Crippen LogP contribution in [0.15, 0.2) is 54.1 Å². The van der Waals surface area contributed by atoms with Crippen molar-refractivity contribution in [3.63, 3.8) is 0 Å². The highest BCUT2D eigenvalue weighted by molar-refractivity contribution is 8.17. The highest BCUT2D eigenvalue weighted by Gasteiger charge is 2.22. The summed E-state index contributed by atoms with van der Waals surface area (Å²) in [5.74, 6) is 0.589. The van der Waals surface area contributed by atoms with E-state index in [1.165, 1.54) is 76.0 Å². The van der Waals surface area contributed by atoms with Crippen molar-refractivity contribution in [3.8, 4) is 5.75 Å². The molecule has 0 spiro atoms. The molecule has 1 heterocycles. The normalized spacial score (nSPS) is 12.1. The third-order valence-electron chi connectivity index (χ3n) is 6.28. The molecule has 2 amide bonds. The van der Waals surface area contributed by atoms with Crippen molar-refractivity contribution < 1.29 is 26.5 Å². The maximum Gasteiger partial charge on any atom is 0.324 e. The predicted molar refractivity (Wildman–Crippen MR) is 160 cm³/mol. The van der Waals surface area contributed by atoms with Crippen LogP contribution in [0.2, 0.25) is 5.02 Å². The fraction of sp³-hybridized carbons (Fsp3) is 0.467. The van der Waals surface area contributed by atoms with Gasteiger partial charge in [-0.15, -0.1) is 0 Å². The lowest BCUT2D eigenvalue weighted by Crippen LogP contribution is -3.00. The second-order valence-electron chi connectivity index (χ2n) is 9.34. The van der Waals surface area contributed by atoms with Crippen LogP contribution >= 0.6 is 23.4 Å². The molecule has 5 nitrogen and oxygen atoms in total. The zero-order chi connectivity index (χ0) is 26.1. The van der Waals surface area contributed by atoms with E-state index in [4.69, 9.17) is 16.3 Å². The fourth-order valence-corrected chi connectivity index (χ4v) is 5.09. The lowest BCUT2D eigenvalue weighted by Gasteiger charge is -2.12. The molecule has 1 radical (unpaired) electrons. The van der Waals surface area contributed by atoms with E-state index < -0.39 is 0 Å². The number of benzene rings is 2. The number of anilines is 2. The molecular formula is C30H40BrClN3O2S. The zero-order valence-corrected chi connectivity index (χ0v) is 25.5. The first-order valence-corrected chi connectivity index (χ1v) is 14.9. The van der Waals surface area contributed by atoms with Crippen molar-refractivity contribution in [2.75, 3.05) is 17.2 Å².